The van der Waals surface area contributed by atoms with Gasteiger partial charge in [-0.3, -0.25) is 9.59 Å². The molecule has 0 rings (SSSR count). The molecule has 5 heteroatoms. The first-order valence-electron chi connectivity index (χ1n) is 28.2. The number of hydrogen-bond acceptors (Lipinski definition) is 5. The molecule has 0 aromatic rings. The number of aliphatic hydroxyl groups is 1. The van der Waals surface area contributed by atoms with Crippen LogP contribution in [0.1, 0.15) is 296 Å². The highest BCUT2D eigenvalue weighted by atomic mass is 16.6. The first-order valence-corrected chi connectivity index (χ1v) is 28.2. The van der Waals surface area contributed by atoms with Gasteiger partial charge in [0, 0.05) is 12.8 Å². The Kier molecular flexibility index (Phi) is 53.3. The van der Waals surface area contributed by atoms with E-state index in [4.69, 9.17) is 9.47 Å². The number of esters is 2. The third kappa shape index (κ3) is 52.5. The van der Waals surface area contributed by atoms with E-state index in [2.05, 4.69) is 62.5 Å². The van der Waals surface area contributed by atoms with Crippen LogP contribution in [0.5, 0.6) is 0 Å². The largest absolute Gasteiger partial charge is 0.462 e. The van der Waals surface area contributed by atoms with Gasteiger partial charge in [0.2, 0.25) is 0 Å². The molecule has 1 N–H and O–H groups in total. The summed E-state index contributed by atoms with van der Waals surface area (Å²) in [5.74, 6) is -0.582. The molecule has 0 bridgehead atoms. The Hall–Kier alpha value is -2.14. The van der Waals surface area contributed by atoms with Crippen LogP contribution in [0.4, 0.5) is 0 Å². The Morgan fingerprint density at radius 3 is 0.953 bits per heavy atom. The van der Waals surface area contributed by atoms with Crippen molar-refractivity contribution in [1.29, 1.82) is 0 Å². The number of ether oxygens (including phenoxy) is 2. The number of aliphatic hydroxyl groups excluding tert-OH is 1. The minimum atomic E-state index is -0.773. The summed E-state index contributed by atoms with van der Waals surface area (Å²) in [6, 6.07) is 0. The molecule has 0 fully saturated rings. The molecule has 64 heavy (non-hydrogen) atoms. The third-order valence-electron chi connectivity index (χ3n) is 12.6. The van der Waals surface area contributed by atoms with Crippen LogP contribution in [-0.4, -0.2) is 36.4 Å². The van der Waals surface area contributed by atoms with E-state index >= 15 is 0 Å². The molecule has 0 aliphatic heterocycles. The van der Waals surface area contributed by atoms with Gasteiger partial charge >= 0.3 is 11.9 Å². The van der Waals surface area contributed by atoms with Crippen LogP contribution in [0.3, 0.4) is 0 Å². The van der Waals surface area contributed by atoms with Gasteiger partial charge in [0.25, 0.3) is 0 Å². The maximum Gasteiger partial charge on any atom is 0.306 e. The first-order chi connectivity index (χ1) is 31.6. The van der Waals surface area contributed by atoms with Gasteiger partial charge in [-0.2, -0.15) is 0 Å². The minimum absolute atomic E-state index is 0.0650. The van der Waals surface area contributed by atoms with Crippen molar-refractivity contribution < 1.29 is 24.2 Å². The average Bonchev–Trinajstić information content (AvgIpc) is 3.30. The van der Waals surface area contributed by atoms with E-state index in [9.17, 15) is 14.7 Å². The summed E-state index contributed by atoms with van der Waals surface area (Å²) in [7, 11) is 0. The second-order valence-electron chi connectivity index (χ2n) is 19.0. The summed E-state index contributed by atoms with van der Waals surface area (Å²) in [5, 5.41) is 9.65. The van der Waals surface area contributed by atoms with Gasteiger partial charge in [0.15, 0.2) is 6.10 Å². The van der Waals surface area contributed by atoms with E-state index in [1.165, 1.54) is 218 Å². The highest BCUT2D eigenvalue weighted by molar-refractivity contribution is 5.70. The Morgan fingerprint density at radius 1 is 0.359 bits per heavy atom. The molecule has 0 aliphatic carbocycles. The van der Waals surface area contributed by atoms with Crippen LogP contribution in [-0.2, 0) is 19.1 Å². The van der Waals surface area contributed by atoms with Crippen LogP contribution in [0.15, 0.2) is 48.6 Å². The van der Waals surface area contributed by atoms with Crippen molar-refractivity contribution in [3.05, 3.63) is 48.6 Å². The molecule has 0 amide bonds. The monoisotopic (exact) mass is 897 g/mol. The fourth-order valence-corrected chi connectivity index (χ4v) is 8.32. The van der Waals surface area contributed by atoms with Gasteiger partial charge in [-0.25, -0.2) is 0 Å². The quantitative estimate of drug-likeness (QED) is 0.0374. The number of carbonyl (C=O) groups excluding carboxylic acids is 2. The molecule has 0 saturated heterocycles. The van der Waals surface area contributed by atoms with E-state index < -0.39 is 6.10 Å². The van der Waals surface area contributed by atoms with Gasteiger partial charge in [-0.15, -0.1) is 0 Å². The maximum atomic E-state index is 12.3. The van der Waals surface area contributed by atoms with Crippen molar-refractivity contribution in [3.8, 4) is 0 Å². The number of rotatable bonds is 52. The van der Waals surface area contributed by atoms with Gasteiger partial charge in [-0.1, -0.05) is 255 Å². The smallest absolute Gasteiger partial charge is 0.306 e. The summed E-state index contributed by atoms with van der Waals surface area (Å²) >= 11 is 0. The molecule has 0 spiro atoms. The summed E-state index contributed by atoms with van der Waals surface area (Å²) in [6.07, 6.45) is 72.2. The van der Waals surface area contributed by atoms with Gasteiger partial charge < -0.3 is 14.6 Å². The zero-order valence-corrected chi connectivity index (χ0v) is 42.8. The highest BCUT2D eigenvalue weighted by Crippen LogP contribution is 2.16. The fraction of sp³-hybridized carbons (Fsp3) is 0.831. The second kappa shape index (κ2) is 55.2. The van der Waals surface area contributed by atoms with Crippen molar-refractivity contribution in [3.63, 3.8) is 0 Å². The summed E-state index contributed by atoms with van der Waals surface area (Å²) in [6.45, 7) is 4.16. The van der Waals surface area contributed by atoms with E-state index in [0.717, 1.165) is 51.4 Å². The third-order valence-corrected chi connectivity index (χ3v) is 12.6. The molecule has 5 nitrogen and oxygen atoms in total. The Morgan fingerprint density at radius 2 is 0.625 bits per heavy atom. The van der Waals surface area contributed by atoms with Crippen molar-refractivity contribution in [1.82, 2.24) is 0 Å². The van der Waals surface area contributed by atoms with Crippen molar-refractivity contribution in [2.45, 2.75) is 302 Å². The van der Waals surface area contributed by atoms with Crippen LogP contribution < -0.4 is 0 Å². The van der Waals surface area contributed by atoms with Gasteiger partial charge in [0.1, 0.15) is 6.61 Å². The Labute approximate surface area is 398 Å². The van der Waals surface area contributed by atoms with Crippen molar-refractivity contribution >= 4 is 11.9 Å². The lowest BCUT2D eigenvalue weighted by Gasteiger charge is -2.15. The molecule has 0 aromatic heterocycles. The average molecular weight is 898 g/mol. The standard InChI is InChI=1S/C59H108O5/c1-3-5-7-9-11-13-15-17-19-21-23-25-26-27-28-29-30-31-32-34-36-38-40-42-44-46-48-50-52-54-59(62)64-57(55-60)56-63-58(61)53-51-49-47-45-43-41-39-37-35-33-24-22-20-18-16-14-12-10-8-6-4-2/h15,17,21-24,26-27,57,60H,3-14,16,18-20,25,28-56H2,1-2H3/b17-15-,23-21-,24-22-,27-26-. The topological polar surface area (TPSA) is 72.8 Å². The molecule has 0 aromatic carbocycles. The van der Waals surface area contributed by atoms with Gasteiger partial charge in [-0.05, 0) is 77.0 Å². The van der Waals surface area contributed by atoms with Crippen molar-refractivity contribution in [2.75, 3.05) is 13.2 Å². The van der Waals surface area contributed by atoms with Crippen LogP contribution in [0.2, 0.25) is 0 Å². The lowest BCUT2D eigenvalue weighted by molar-refractivity contribution is -0.161. The van der Waals surface area contributed by atoms with Crippen LogP contribution in [0.25, 0.3) is 0 Å². The molecule has 0 saturated carbocycles. The second-order valence-corrected chi connectivity index (χ2v) is 19.0. The lowest BCUT2D eigenvalue weighted by Crippen LogP contribution is -2.28. The zero-order chi connectivity index (χ0) is 46.3. The molecule has 1 atom stereocenters. The summed E-state index contributed by atoms with van der Waals surface area (Å²) in [4.78, 5) is 24.5. The van der Waals surface area contributed by atoms with E-state index in [1.54, 1.807) is 0 Å². The number of allylic oxidation sites excluding steroid dienone is 8. The Bertz CT molecular complexity index is 1060. The zero-order valence-electron chi connectivity index (χ0n) is 42.8. The van der Waals surface area contributed by atoms with Crippen LogP contribution >= 0.6 is 0 Å². The summed E-state index contributed by atoms with van der Waals surface area (Å²) < 4.78 is 10.7. The SMILES string of the molecule is CCCCCCC/C=C\C/C=C\C/C=C\CCCCCCCCCCCCCCCCC(=O)OC(CO)COC(=O)CCCCCCCCCCC/C=C\CCCCCCCCCC. The first kappa shape index (κ1) is 61.9. The highest BCUT2D eigenvalue weighted by Gasteiger charge is 2.16. The minimum Gasteiger partial charge on any atom is -0.462 e. The van der Waals surface area contributed by atoms with Gasteiger partial charge in [0.05, 0.1) is 6.61 Å². The normalized spacial score (nSPS) is 12.5. The fourth-order valence-electron chi connectivity index (χ4n) is 8.32. The predicted octanol–water partition coefficient (Wildman–Crippen LogP) is 18.9. The number of carbonyl (C=O) groups is 2. The molecular formula is C59H108O5. The Balaban J connectivity index is 3.47. The van der Waals surface area contributed by atoms with Crippen LogP contribution in [0, 0.1) is 0 Å². The molecule has 0 radical (unpaired) electrons. The molecule has 1 unspecified atom stereocenters. The number of hydrogen-bond donors (Lipinski definition) is 1. The molecule has 374 valence electrons. The summed E-state index contributed by atoms with van der Waals surface area (Å²) in [5.41, 5.74) is 0. The van der Waals surface area contributed by atoms with Crippen molar-refractivity contribution in [2.24, 2.45) is 0 Å². The van der Waals surface area contributed by atoms with E-state index in [0.29, 0.717) is 12.8 Å². The predicted molar refractivity (Wildman–Crippen MR) is 279 cm³/mol. The lowest BCUT2D eigenvalue weighted by atomic mass is 10.0. The van der Waals surface area contributed by atoms with E-state index in [1.807, 2.05) is 0 Å². The molecule has 0 aliphatic rings. The molecule has 0 heterocycles. The number of unbranched alkanes of at least 4 members (excludes halogenated alkanes) is 36. The molecular weight excluding hydrogens is 789 g/mol. The van der Waals surface area contributed by atoms with E-state index in [-0.39, 0.29) is 25.2 Å². The maximum absolute atomic E-state index is 12.3.